The number of sulfonamides is 1. The van der Waals surface area contributed by atoms with Gasteiger partial charge in [-0.05, 0) is 18.4 Å². The highest BCUT2D eigenvalue weighted by Crippen LogP contribution is 2.18. The van der Waals surface area contributed by atoms with Gasteiger partial charge in [0.25, 0.3) is 0 Å². The van der Waals surface area contributed by atoms with E-state index in [4.69, 9.17) is 0 Å². The highest BCUT2D eigenvalue weighted by atomic mass is 32.2. The Balaban J connectivity index is 1.34. The first kappa shape index (κ1) is 21.2. The van der Waals surface area contributed by atoms with Crippen LogP contribution in [-0.2, 0) is 21.4 Å². The summed E-state index contributed by atoms with van der Waals surface area (Å²) in [5.41, 5.74) is 1.35. The summed E-state index contributed by atoms with van der Waals surface area (Å²) in [4.78, 5) is 17.3. The Morgan fingerprint density at radius 2 is 1.75 bits per heavy atom. The van der Waals surface area contributed by atoms with Crippen LogP contribution in [-0.4, -0.2) is 87.0 Å². The lowest BCUT2D eigenvalue weighted by Crippen LogP contribution is -2.49. The summed E-state index contributed by atoms with van der Waals surface area (Å²) in [7, 11) is -3.22. The summed E-state index contributed by atoms with van der Waals surface area (Å²) in [6, 6.07) is 10.5. The Morgan fingerprint density at radius 3 is 2.43 bits per heavy atom. The average Bonchev–Trinajstić information content (AvgIpc) is 2.69. The van der Waals surface area contributed by atoms with Gasteiger partial charge in [-0.1, -0.05) is 30.3 Å². The van der Waals surface area contributed by atoms with E-state index < -0.39 is 10.0 Å². The molecule has 8 heteroatoms. The largest absolute Gasteiger partial charge is 0.355 e. The smallest absolute Gasteiger partial charge is 0.224 e. The van der Waals surface area contributed by atoms with Gasteiger partial charge in [0, 0.05) is 58.9 Å². The van der Waals surface area contributed by atoms with E-state index >= 15 is 0 Å². The Hall–Kier alpha value is -1.48. The molecule has 0 bridgehead atoms. The lowest BCUT2D eigenvalue weighted by Gasteiger charge is -2.35. The van der Waals surface area contributed by atoms with Crippen LogP contribution in [0.1, 0.15) is 18.4 Å². The SMILES string of the molecule is CS(=O)(=O)N1CCCC(C(=O)NCCN2CCN(Cc3ccccc3)CC2)C1. The van der Waals surface area contributed by atoms with E-state index in [2.05, 4.69) is 39.4 Å². The van der Waals surface area contributed by atoms with Crippen LogP contribution in [0.25, 0.3) is 0 Å². The van der Waals surface area contributed by atoms with Crippen LogP contribution in [0, 0.1) is 5.92 Å². The monoisotopic (exact) mass is 408 g/mol. The van der Waals surface area contributed by atoms with Gasteiger partial charge < -0.3 is 5.32 Å². The summed E-state index contributed by atoms with van der Waals surface area (Å²) in [5.74, 6) is -0.248. The van der Waals surface area contributed by atoms with E-state index in [0.29, 0.717) is 19.6 Å². The molecule has 0 spiro atoms. The van der Waals surface area contributed by atoms with Crippen LogP contribution in [0.15, 0.2) is 30.3 Å². The first-order chi connectivity index (χ1) is 13.4. The molecule has 0 aromatic heterocycles. The van der Waals surface area contributed by atoms with Gasteiger partial charge >= 0.3 is 0 Å². The van der Waals surface area contributed by atoms with Crippen molar-refractivity contribution in [3.8, 4) is 0 Å². The molecule has 1 aromatic rings. The van der Waals surface area contributed by atoms with Crippen LogP contribution >= 0.6 is 0 Å². The molecule has 1 unspecified atom stereocenters. The van der Waals surface area contributed by atoms with Crippen molar-refractivity contribution in [3.63, 3.8) is 0 Å². The van der Waals surface area contributed by atoms with E-state index in [9.17, 15) is 13.2 Å². The predicted octanol–water partition coefficient (Wildman–Crippen LogP) is 0.592. The highest BCUT2D eigenvalue weighted by molar-refractivity contribution is 7.88. The second-order valence-electron chi connectivity index (χ2n) is 7.85. The van der Waals surface area contributed by atoms with Gasteiger partial charge in [-0.2, -0.15) is 0 Å². The molecule has 1 atom stereocenters. The molecule has 156 valence electrons. The zero-order chi connectivity index (χ0) is 20.0. The Bertz CT molecular complexity index is 733. The van der Waals surface area contributed by atoms with Gasteiger partial charge in [-0.3, -0.25) is 14.6 Å². The first-order valence-corrected chi connectivity index (χ1v) is 12.0. The lowest BCUT2D eigenvalue weighted by molar-refractivity contribution is -0.126. The highest BCUT2D eigenvalue weighted by Gasteiger charge is 2.30. The molecule has 2 aliphatic rings. The van der Waals surface area contributed by atoms with Crippen molar-refractivity contribution in [2.75, 3.05) is 58.6 Å². The maximum Gasteiger partial charge on any atom is 0.224 e. The number of rotatable bonds is 7. The van der Waals surface area contributed by atoms with Crippen LogP contribution < -0.4 is 5.32 Å². The van der Waals surface area contributed by atoms with E-state index in [0.717, 1.165) is 52.1 Å². The third-order valence-corrected chi connectivity index (χ3v) is 6.93. The average molecular weight is 409 g/mol. The molecule has 28 heavy (non-hydrogen) atoms. The van der Waals surface area contributed by atoms with Crippen LogP contribution in [0.3, 0.4) is 0 Å². The number of benzene rings is 1. The Labute approximate surface area is 168 Å². The molecule has 2 fully saturated rings. The standard InChI is InChI=1S/C20H32N4O3S/c1-28(26,27)24-10-5-8-19(17-24)20(25)21-9-11-22-12-14-23(15-13-22)16-18-6-3-2-4-7-18/h2-4,6-7,19H,5,8-17H2,1H3,(H,21,25). The molecule has 3 rings (SSSR count). The fourth-order valence-electron chi connectivity index (χ4n) is 3.95. The molecule has 2 heterocycles. The second-order valence-corrected chi connectivity index (χ2v) is 9.84. The zero-order valence-corrected chi connectivity index (χ0v) is 17.5. The molecule has 2 saturated heterocycles. The summed E-state index contributed by atoms with van der Waals surface area (Å²) >= 11 is 0. The van der Waals surface area contributed by atoms with Crippen molar-refractivity contribution in [3.05, 3.63) is 35.9 Å². The number of nitrogens with one attached hydrogen (secondary N) is 1. The minimum absolute atomic E-state index is 0.0175. The topological polar surface area (TPSA) is 73.0 Å². The van der Waals surface area contributed by atoms with Crippen molar-refractivity contribution >= 4 is 15.9 Å². The molecule has 0 radical (unpaired) electrons. The zero-order valence-electron chi connectivity index (χ0n) is 16.7. The van der Waals surface area contributed by atoms with Gasteiger partial charge in [0.05, 0.1) is 12.2 Å². The lowest BCUT2D eigenvalue weighted by atomic mass is 9.99. The molecular formula is C20H32N4O3S. The normalized spacial score (nSPS) is 22.8. The first-order valence-electron chi connectivity index (χ1n) is 10.1. The Kier molecular flexibility index (Phi) is 7.45. The van der Waals surface area contributed by atoms with Crippen LogP contribution in [0.2, 0.25) is 0 Å². The quantitative estimate of drug-likeness (QED) is 0.715. The number of hydrogen-bond donors (Lipinski definition) is 1. The minimum Gasteiger partial charge on any atom is -0.355 e. The molecule has 1 aromatic carbocycles. The fraction of sp³-hybridized carbons (Fsp3) is 0.650. The van der Waals surface area contributed by atoms with E-state index in [-0.39, 0.29) is 11.8 Å². The molecule has 1 N–H and O–H groups in total. The van der Waals surface area contributed by atoms with E-state index in [1.54, 1.807) is 0 Å². The van der Waals surface area contributed by atoms with Crippen LogP contribution in [0.4, 0.5) is 0 Å². The minimum atomic E-state index is -3.22. The van der Waals surface area contributed by atoms with Crippen molar-refractivity contribution in [2.45, 2.75) is 19.4 Å². The van der Waals surface area contributed by atoms with Gasteiger partial charge in [-0.25, -0.2) is 12.7 Å². The maximum absolute atomic E-state index is 12.4. The predicted molar refractivity (Wildman–Crippen MR) is 110 cm³/mol. The summed E-state index contributed by atoms with van der Waals surface area (Å²) in [5, 5.41) is 3.01. The maximum atomic E-state index is 12.4. The second kappa shape index (κ2) is 9.82. The van der Waals surface area contributed by atoms with Crippen molar-refractivity contribution in [1.82, 2.24) is 19.4 Å². The van der Waals surface area contributed by atoms with E-state index in [1.165, 1.54) is 16.1 Å². The summed E-state index contributed by atoms with van der Waals surface area (Å²) in [6.07, 6.45) is 2.72. The van der Waals surface area contributed by atoms with Crippen molar-refractivity contribution in [1.29, 1.82) is 0 Å². The van der Waals surface area contributed by atoms with Gasteiger partial charge in [-0.15, -0.1) is 0 Å². The molecule has 0 saturated carbocycles. The number of amides is 1. The molecule has 1 amide bonds. The van der Waals surface area contributed by atoms with Gasteiger partial charge in [0.1, 0.15) is 0 Å². The Morgan fingerprint density at radius 1 is 1.07 bits per heavy atom. The third-order valence-electron chi connectivity index (χ3n) is 5.67. The number of piperidine rings is 1. The number of nitrogens with zero attached hydrogens (tertiary/aromatic N) is 3. The third kappa shape index (κ3) is 6.27. The summed E-state index contributed by atoms with van der Waals surface area (Å²) < 4.78 is 24.8. The van der Waals surface area contributed by atoms with Crippen LogP contribution in [0.5, 0.6) is 0 Å². The van der Waals surface area contributed by atoms with Crippen molar-refractivity contribution < 1.29 is 13.2 Å². The van der Waals surface area contributed by atoms with Gasteiger partial charge in [0.15, 0.2) is 0 Å². The number of carbonyl (C=O) groups excluding carboxylic acids is 1. The number of carbonyl (C=O) groups is 1. The van der Waals surface area contributed by atoms with Crippen molar-refractivity contribution in [2.24, 2.45) is 5.92 Å². The molecule has 2 aliphatic heterocycles. The number of piperazine rings is 1. The number of hydrogen-bond acceptors (Lipinski definition) is 5. The molecular weight excluding hydrogens is 376 g/mol. The van der Waals surface area contributed by atoms with E-state index in [1.807, 2.05) is 6.07 Å². The van der Waals surface area contributed by atoms with Gasteiger partial charge in [0.2, 0.25) is 15.9 Å². The summed E-state index contributed by atoms with van der Waals surface area (Å²) in [6.45, 7) is 7.37. The fourth-order valence-corrected chi connectivity index (χ4v) is 4.86. The molecule has 0 aliphatic carbocycles. The molecule has 7 nitrogen and oxygen atoms in total.